The second-order valence-corrected chi connectivity index (χ2v) is 6.52. The molecule has 0 radical (unpaired) electrons. The number of anilines is 1. The first-order valence-corrected chi connectivity index (χ1v) is 8.01. The number of hydrogen-bond acceptors (Lipinski definition) is 5. The Morgan fingerprint density at radius 2 is 2.00 bits per heavy atom. The third-order valence-corrected chi connectivity index (χ3v) is 4.68. The van der Waals surface area contributed by atoms with Gasteiger partial charge in [0, 0.05) is 10.9 Å². The van der Waals surface area contributed by atoms with Crippen molar-refractivity contribution in [3.8, 4) is 0 Å². The summed E-state index contributed by atoms with van der Waals surface area (Å²) in [6.07, 6.45) is 0.922. The van der Waals surface area contributed by atoms with Crippen LogP contribution in [0.1, 0.15) is 36.5 Å². The smallest absolute Gasteiger partial charge is 0.239 e. The van der Waals surface area contributed by atoms with Crippen molar-refractivity contribution < 1.29 is 4.79 Å². The molecule has 0 bridgehead atoms. The van der Waals surface area contributed by atoms with Crippen molar-refractivity contribution in [2.75, 3.05) is 11.9 Å². The highest BCUT2D eigenvalue weighted by Gasteiger charge is 2.14. The van der Waals surface area contributed by atoms with Crippen LogP contribution in [0.4, 0.5) is 5.82 Å². The minimum absolute atomic E-state index is 0.0154. The summed E-state index contributed by atoms with van der Waals surface area (Å²) in [5.74, 6) is 1.45. The van der Waals surface area contributed by atoms with Crippen LogP contribution in [-0.2, 0) is 4.79 Å². The van der Waals surface area contributed by atoms with E-state index < -0.39 is 0 Å². The third kappa shape index (κ3) is 3.50. The van der Waals surface area contributed by atoms with Crippen molar-refractivity contribution in [3.05, 3.63) is 16.3 Å². The molecule has 0 saturated carbocycles. The Morgan fingerprint density at radius 3 is 2.67 bits per heavy atom. The predicted molar refractivity (Wildman–Crippen MR) is 88.0 cm³/mol. The van der Waals surface area contributed by atoms with Gasteiger partial charge in [0.2, 0.25) is 5.91 Å². The summed E-state index contributed by atoms with van der Waals surface area (Å²) in [4.78, 5) is 23.0. The van der Waals surface area contributed by atoms with Crippen molar-refractivity contribution in [2.45, 2.75) is 47.1 Å². The lowest BCUT2D eigenvalue weighted by Gasteiger charge is -2.13. The maximum Gasteiger partial charge on any atom is 0.239 e. The Balaban J connectivity index is 2.20. The first-order chi connectivity index (χ1) is 9.92. The van der Waals surface area contributed by atoms with Gasteiger partial charge in [0.25, 0.3) is 0 Å². The van der Waals surface area contributed by atoms with E-state index in [1.165, 1.54) is 10.4 Å². The van der Waals surface area contributed by atoms with Crippen molar-refractivity contribution in [1.82, 2.24) is 15.3 Å². The van der Waals surface area contributed by atoms with E-state index in [1.54, 1.807) is 11.3 Å². The fraction of sp³-hybridized carbons (Fsp3) is 0.533. The van der Waals surface area contributed by atoms with Crippen molar-refractivity contribution in [1.29, 1.82) is 0 Å². The molecular weight excluding hydrogens is 284 g/mol. The number of carbonyl (C=O) groups excluding carboxylic acids is 1. The number of fused-ring (bicyclic) bond motifs is 1. The molecule has 114 valence electrons. The number of carbonyl (C=O) groups is 1. The van der Waals surface area contributed by atoms with Gasteiger partial charge in [0.1, 0.15) is 16.5 Å². The highest BCUT2D eigenvalue weighted by atomic mass is 32.1. The van der Waals surface area contributed by atoms with Crippen molar-refractivity contribution in [3.63, 3.8) is 0 Å². The van der Waals surface area contributed by atoms with Crippen LogP contribution in [0.15, 0.2) is 0 Å². The van der Waals surface area contributed by atoms with Gasteiger partial charge >= 0.3 is 0 Å². The van der Waals surface area contributed by atoms with Crippen LogP contribution in [0.5, 0.6) is 0 Å². The van der Waals surface area contributed by atoms with E-state index in [4.69, 9.17) is 0 Å². The monoisotopic (exact) mass is 306 g/mol. The molecule has 1 unspecified atom stereocenters. The Hall–Kier alpha value is -1.69. The van der Waals surface area contributed by atoms with Gasteiger partial charge in [-0.25, -0.2) is 9.97 Å². The molecule has 1 atom stereocenters. The molecule has 5 nitrogen and oxygen atoms in total. The van der Waals surface area contributed by atoms with E-state index in [1.807, 2.05) is 20.8 Å². The van der Waals surface area contributed by atoms with Crippen molar-refractivity contribution >= 4 is 33.3 Å². The van der Waals surface area contributed by atoms with Gasteiger partial charge in [-0.1, -0.05) is 6.92 Å². The highest BCUT2D eigenvalue weighted by molar-refractivity contribution is 7.18. The quantitative estimate of drug-likeness (QED) is 0.891. The minimum atomic E-state index is -0.0154. The first kappa shape index (κ1) is 15.7. The summed E-state index contributed by atoms with van der Waals surface area (Å²) in [5.41, 5.74) is 1.18. The van der Waals surface area contributed by atoms with Crippen LogP contribution >= 0.6 is 11.3 Å². The Labute approximate surface area is 129 Å². The molecule has 2 aromatic heterocycles. The molecule has 0 fully saturated rings. The number of rotatable bonds is 5. The van der Waals surface area contributed by atoms with Gasteiger partial charge in [-0.15, -0.1) is 11.3 Å². The second-order valence-electron chi connectivity index (χ2n) is 5.31. The van der Waals surface area contributed by atoms with Gasteiger partial charge in [-0.2, -0.15) is 0 Å². The fourth-order valence-corrected chi connectivity index (χ4v) is 3.15. The predicted octanol–water partition coefficient (Wildman–Crippen LogP) is 2.94. The Morgan fingerprint density at radius 1 is 1.29 bits per heavy atom. The molecule has 0 spiro atoms. The first-order valence-electron chi connectivity index (χ1n) is 7.20. The molecule has 2 aromatic rings. The van der Waals surface area contributed by atoms with Crippen LogP contribution in [0.2, 0.25) is 0 Å². The molecule has 1 amide bonds. The number of nitrogens with zero attached hydrogens (tertiary/aromatic N) is 2. The summed E-state index contributed by atoms with van der Waals surface area (Å²) < 4.78 is 0. The lowest BCUT2D eigenvalue weighted by Crippen LogP contribution is -2.36. The van der Waals surface area contributed by atoms with Gasteiger partial charge in [0.05, 0.1) is 11.9 Å². The van der Waals surface area contributed by atoms with Crippen LogP contribution in [0.3, 0.4) is 0 Å². The molecule has 6 heteroatoms. The number of hydrogen-bond donors (Lipinski definition) is 2. The number of aryl methyl sites for hydroxylation is 3. The van der Waals surface area contributed by atoms with E-state index in [0.717, 1.165) is 22.5 Å². The molecular formula is C15H22N4OS. The standard InChI is InChI=1S/C15H22N4OS/c1-6-8(2)17-12(20)7-16-14-13-9(3)10(4)21-15(13)19-11(5)18-14/h8H,6-7H2,1-5H3,(H,17,20)(H,16,18,19). The lowest BCUT2D eigenvalue weighted by molar-refractivity contribution is -0.120. The van der Waals surface area contributed by atoms with Crippen LogP contribution in [0, 0.1) is 20.8 Å². The molecule has 0 aromatic carbocycles. The number of aromatic nitrogens is 2. The number of thiophene rings is 1. The third-order valence-electron chi connectivity index (χ3n) is 3.58. The van der Waals surface area contributed by atoms with E-state index in [2.05, 4.69) is 34.4 Å². The molecule has 0 aliphatic heterocycles. The molecule has 2 N–H and O–H groups in total. The maximum atomic E-state index is 11.9. The van der Waals surface area contributed by atoms with Gasteiger partial charge < -0.3 is 10.6 Å². The zero-order chi connectivity index (χ0) is 15.6. The molecule has 2 rings (SSSR count). The zero-order valence-electron chi connectivity index (χ0n) is 13.2. The van der Waals surface area contributed by atoms with Gasteiger partial charge in [-0.05, 0) is 39.7 Å². The molecule has 21 heavy (non-hydrogen) atoms. The molecule has 0 aliphatic rings. The fourth-order valence-electron chi connectivity index (χ4n) is 2.08. The average molecular weight is 306 g/mol. The second kappa shape index (κ2) is 6.39. The van der Waals surface area contributed by atoms with Gasteiger partial charge in [0.15, 0.2) is 0 Å². The molecule has 0 aliphatic carbocycles. The summed E-state index contributed by atoms with van der Waals surface area (Å²) in [5, 5.41) is 7.12. The maximum absolute atomic E-state index is 11.9. The number of nitrogens with one attached hydrogen (secondary N) is 2. The molecule has 2 heterocycles. The Bertz CT molecular complexity index is 665. The highest BCUT2D eigenvalue weighted by Crippen LogP contribution is 2.32. The van der Waals surface area contributed by atoms with E-state index in [9.17, 15) is 4.79 Å². The SMILES string of the molecule is CCC(C)NC(=O)CNc1nc(C)nc2sc(C)c(C)c12. The van der Waals surface area contributed by atoms with Crippen LogP contribution in [-0.4, -0.2) is 28.5 Å². The van der Waals surface area contributed by atoms with E-state index >= 15 is 0 Å². The zero-order valence-corrected chi connectivity index (χ0v) is 14.0. The van der Waals surface area contributed by atoms with Crippen LogP contribution in [0.25, 0.3) is 10.2 Å². The molecule has 0 saturated heterocycles. The number of amides is 1. The summed E-state index contributed by atoms with van der Waals surface area (Å²) in [6.45, 7) is 10.3. The lowest BCUT2D eigenvalue weighted by atomic mass is 10.2. The van der Waals surface area contributed by atoms with Gasteiger partial charge in [-0.3, -0.25) is 4.79 Å². The summed E-state index contributed by atoms with van der Waals surface area (Å²) in [6, 6.07) is 0.191. The largest absolute Gasteiger partial charge is 0.360 e. The van der Waals surface area contributed by atoms with Crippen LogP contribution < -0.4 is 10.6 Å². The Kier molecular flexibility index (Phi) is 4.77. The normalized spacial score (nSPS) is 12.4. The average Bonchev–Trinajstić information content (AvgIpc) is 2.71. The summed E-state index contributed by atoms with van der Waals surface area (Å²) in [7, 11) is 0. The van der Waals surface area contributed by atoms with Crippen molar-refractivity contribution in [2.24, 2.45) is 0 Å². The topological polar surface area (TPSA) is 66.9 Å². The summed E-state index contributed by atoms with van der Waals surface area (Å²) >= 11 is 1.66. The van der Waals surface area contributed by atoms with E-state index in [-0.39, 0.29) is 18.5 Å². The van der Waals surface area contributed by atoms with E-state index in [0.29, 0.717) is 5.82 Å². The minimum Gasteiger partial charge on any atom is -0.360 e.